The summed E-state index contributed by atoms with van der Waals surface area (Å²) in [6.07, 6.45) is -3.78. The van der Waals surface area contributed by atoms with Crippen LogP contribution in [0.3, 0.4) is 0 Å². The van der Waals surface area contributed by atoms with Gasteiger partial charge in [0.25, 0.3) is 0 Å². The van der Waals surface area contributed by atoms with E-state index in [9.17, 15) is 33.1 Å². The lowest BCUT2D eigenvalue weighted by atomic mass is 10.0. The molecule has 6 rings (SSSR count). The molecular formula is C35H49N8O13PS. The Morgan fingerprint density at radius 1 is 1.05 bits per heavy atom. The van der Waals surface area contributed by atoms with Gasteiger partial charge in [-0.05, 0) is 42.2 Å². The van der Waals surface area contributed by atoms with Crippen LogP contribution < -0.4 is 16.8 Å². The number of aromatic nitrogens is 4. The Bertz CT molecular complexity index is 2100. The Morgan fingerprint density at radius 3 is 2.40 bits per heavy atom. The molecule has 0 unspecified atom stereocenters. The third-order valence-electron chi connectivity index (χ3n) is 9.11. The van der Waals surface area contributed by atoms with Crippen LogP contribution in [0.1, 0.15) is 32.1 Å². The smallest absolute Gasteiger partial charge is 0.444 e. The number of nitrogen functional groups attached to an aromatic ring is 2. The molecule has 318 valence electrons. The Kier molecular flexibility index (Phi) is 15.1. The zero-order valence-electron chi connectivity index (χ0n) is 31.7. The monoisotopic (exact) mass is 852 g/mol. The van der Waals surface area contributed by atoms with Gasteiger partial charge in [-0.15, -0.1) is 0 Å². The van der Waals surface area contributed by atoms with Gasteiger partial charge in [0.2, 0.25) is 10.0 Å². The van der Waals surface area contributed by atoms with Crippen molar-refractivity contribution in [3.05, 3.63) is 72.8 Å². The van der Waals surface area contributed by atoms with Gasteiger partial charge < -0.3 is 56.1 Å². The van der Waals surface area contributed by atoms with Crippen molar-refractivity contribution in [1.82, 2.24) is 29.1 Å². The van der Waals surface area contributed by atoms with Crippen molar-refractivity contribution in [2.24, 2.45) is 5.92 Å². The van der Waals surface area contributed by atoms with Crippen LogP contribution in [0.15, 0.2) is 72.1 Å². The van der Waals surface area contributed by atoms with Crippen molar-refractivity contribution < 1.29 is 61.6 Å². The fraction of sp³-hybridized carbons (Fsp3) is 0.486. The summed E-state index contributed by atoms with van der Waals surface area (Å²) in [5.74, 6) is 0.154. The standard InChI is InChI=1S/C25H35N3O6S.C10H14N5O7P/c1-18(2)15-28(35(31,32)22-10-8-20(26)9-11-22)16-24(29)23(14-19-6-4-3-5-7-19)27-25(30)34-21-12-13-33-17-21;11-8-5-9(13-2-12-8)15(3-14-5)10-7(17)6(16)4(22-10)1-21-23(18,19)20/h3-11,18,21,23-24,29H,12-17,26H2,1-2H3,(H,27,30);2-4,6-7,10,16-17H,1H2,(H2,11,12,13)(H2,18,19,20)/t21-,23-,24+;4-,6-,7-,10-/m01/s1. The number of rotatable bonds is 15. The number of amides is 1. The predicted octanol–water partition coefficient (Wildman–Crippen LogP) is 0.540. The van der Waals surface area contributed by atoms with Gasteiger partial charge in [0.1, 0.15) is 36.3 Å². The molecule has 4 aromatic rings. The number of hydrogen-bond donors (Lipinski definition) is 8. The molecule has 1 amide bonds. The molecule has 4 heterocycles. The van der Waals surface area contributed by atoms with Gasteiger partial charge >= 0.3 is 13.9 Å². The highest BCUT2D eigenvalue weighted by molar-refractivity contribution is 7.89. The molecule has 23 heteroatoms. The van der Waals surface area contributed by atoms with E-state index < -0.39 is 67.2 Å². The first kappa shape index (κ1) is 44.8. The fourth-order valence-corrected chi connectivity index (χ4v) is 8.18. The lowest BCUT2D eigenvalue weighted by Crippen LogP contribution is -2.51. The summed E-state index contributed by atoms with van der Waals surface area (Å²) in [6.45, 7) is 4.07. The highest BCUT2D eigenvalue weighted by Crippen LogP contribution is 2.39. The number of phosphoric ester groups is 1. The second-order valence-electron chi connectivity index (χ2n) is 14.1. The lowest BCUT2D eigenvalue weighted by molar-refractivity contribution is -0.0504. The van der Waals surface area contributed by atoms with E-state index in [1.807, 2.05) is 44.2 Å². The van der Waals surface area contributed by atoms with Crippen LogP contribution in [0.25, 0.3) is 11.2 Å². The number of carbonyl (C=O) groups excluding carboxylic acids is 1. The zero-order valence-corrected chi connectivity index (χ0v) is 33.4. The molecule has 10 N–H and O–H groups in total. The molecule has 7 atom stereocenters. The number of carbonyl (C=O) groups is 1. The molecule has 2 aromatic heterocycles. The number of aliphatic hydroxyl groups excluding tert-OH is 3. The van der Waals surface area contributed by atoms with Gasteiger partial charge in [-0.2, -0.15) is 4.31 Å². The molecule has 2 aliphatic rings. The number of imidazole rings is 1. The summed E-state index contributed by atoms with van der Waals surface area (Å²) in [5.41, 5.74) is 13.3. The second kappa shape index (κ2) is 19.6. The highest BCUT2D eigenvalue weighted by Gasteiger charge is 2.45. The van der Waals surface area contributed by atoms with Crippen molar-refractivity contribution in [1.29, 1.82) is 0 Å². The normalized spacial score (nSPS) is 22.1. The van der Waals surface area contributed by atoms with Crippen molar-refractivity contribution in [2.75, 3.05) is 44.4 Å². The van der Waals surface area contributed by atoms with E-state index in [1.54, 1.807) is 0 Å². The minimum Gasteiger partial charge on any atom is -0.444 e. The van der Waals surface area contributed by atoms with Crippen LogP contribution >= 0.6 is 7.82 Å². The number of fused-ring (bicyclic) bond motifs is 1. The Balaban J connectivity index is 0.000000240. The number of phosphoric acid groups is 1. The average Bonchev–Trinajstić information content (AvgIpc) is 3.91. The van der Waals surface area contributed by atoms with Crippen LogP contribution in [0, 0.1) is 5.92 Å². The first-order valence-electron chi connectivity index (χ1n) is 18.2. The quantitative estimate of drug-likeness (QED) is 0.0598. The molecule has 0 saturated carbocycles. The second-order valence-corrected chi connectivity index (χ2v) is 17.3. The van der Waals surface area contributed by atoms with E-state index in [2.05, 4.69) is 24.8 Å². The predicted molar refractivity (Wildman–Crippen MR) is 207 cm³/mol. The average molecular weight is 853 g/mol. The van der Waals surface area contributed by atoms with Crippen molar-refractivity contribution in [3.63, 3.8) is 0 Å². The summed E-state index contributed by atoms with van der Waals surface area (Å²) in [7, 11) is -8.62. The largest absolute Gasteiger partial charge is 0.469 e. The number of anilines is 2. The van der Waals surface area contributed by atoms with Crippen molar-refractivity contribution in [3.8, 4) is 0 Å². The maximum atomic E-state index is 13.4. The van der Waals surface area contributed by atoms with Crippen LogP contribution in [0.2, 0.25) is 0 Å². The van der Waals surface area contributed by atoms with E-state index in [0.717, 1.165) is 5.56 Å². The van der Waals surface area contributed by atoms with Crippen LogP contribution in [-0.4, -0.2) is 133 Å². The van der Waals surface area contributed by atoms with Gasteiger partial charge in [-0.1, -0.05) is 44.2 Å². The SMILES string of the molecule is CC(C)CN(C[C@@H](O)[C@H](Cc1ccccc1)NC(=O)O[C@H]1CCOC1)S(=O)(=O)c1ccc(N)cc1.Nc1ncnc2c1ncn2[C@@H]1O[C@H](COP(=O)(O)O)[C@@H](O)[C@H]1O. The molecule has 2 saturated heterocycles. The summed E-state index contributed by atoms with van der Waals surface area (Å²) < 4.78 is 60.5. The van der Waals surface area contributed by atoms with E-state index in [0.29, 0.717) is 37.3 Å². The van der Waals surface area contributed by atoms with Gasteiger partial charge in [0.05, 0.1) is 43.2 Å². The number of nitrogens with one attached hydrogen (secondary N) is 1. The third-order valence-corrected chi connectivity index (χ3v) is 11.4. The number of nitrogens with zero attached hydrogens (tertiary/aromatic N) is 5. The molecule has 2 aromatic carbocycles. The van der Waals surface area contributed by atoms with E-state index in [4.69, 9.17) is 35.5 Å². The minimum absolute atomic E-state index is 0.0126. The fourth-order valence-electron chi connectivity index (χ4n) is 6.22. The molecule has 21 nitrogen and oxygen atoms in total. The highest BCUT2D eigenvalue weighted by atomic mass is 32.2. The maximum absolute atomic E-state index is 13.4. The molecule has 0 aliphatic carbocycles. The number of hydrogen-bond acceptors (Lipinski definition) is 16. The van der Waals surface area contributed by atoms with Gasteiger partial charge in [-0.3, -0.25) is 9.09 Å². The van der Waals surface area contributed by atoms with Gasteiger partial charge in [-0.25, -0.2) is 32.7 Å². The number of benzene rings is 2. The number of nitrogens with two attached hydrogens (primary N) is 2. The number of sulfonamides is 1. The number of ether oxygens (including phenoxy) is 3. The molecular weight excluding hydrogens is 803 g/mol. The Labute approximate surface area is 334 Å². The molecule has 58 heavy (non-hydrogen) atoms. The minimum atomic E-state index is -4.72. The molecule has 0 spiro atoms. The first-order chi connectivity index (χ1) is 27.4. The Morgan fingerprint density at radius 2 is 1.76 bits per heavy atom. The molecule has 0 bridgehead atoms. The van der Waals surface area contributed by atoms with Crippen molar-refractivity contribution in [2.45, 2.75) is 74.4 Å². The summed E-state index contributed by atoms with van der Waals surface area (Å²) in [5, 5.41) is 34.0. The van der Waals surface area contributed by atoms with Gasteiger partial charge in [0, 0.05) is 25.2 Å². The first-order valence-corrected chi connectivity index (χ1v) is 21.2. The van der Waals surface area contributed by atoms with E-state index in [-0.39, 0.29) is 41.5 Å². The van der Waals surface area contributed by atoms with Crippen LogP contribution in [0.5, 0.6) is 0 Å². The van der Waals surface area contributed by atoms with E-state index >= 15 is 0 Å². The van der Waals surface area contributed by atoms with Gasteiger partial charge in [0.15, 0.2) is 17.7 Å². The summed E-state index contributed by atoms with van der Waals surface area (Å²) in [4.78, 5) is 41.9. The summed E-state index contributed by atoms with van der Waals surface area (Å²) in [6, 6.07) is 14.6. The van der Waals surface area contributed by atoms with E-state index in [1.165, 1.54) is 45.8 Å². The Hall–Kier alpha value is -4.32. The maximum Gasteiger partial charge on any atom is 0.469 e. The topological polar surface area (TPSA) is 317 Å². The lowest BCUT2D eigenvalue weighted by Gasteiger charge is -2.30. The molecule has 0 radical (unpaired) electrons. The number of alkyl carbamates (subject to hydrolysis) is 1. The summed E-state index contributed by atoms with van der Waals surface area (Å²) >= 11 is 0. The molecule has 2 aliphatic heterocycles. The zero-order chi connectivity index (χ0) is 42.2. The van der Waals surface area contributed by atoms with Crippen LogP contribution in [0.4, 0.5) is 16.3 Å². The number of aliphatic hydroxyl groups is 3. The third kappa shape index (κ3) is 11.9. The van der Waals surface area contributed by atoms with Crippen LogP contribution in [-0.2, 0) is 39.7 Å². The van der Waals surface area contributed by atoms with Crippen molar-refractivity contribution >= 4 is 46.6 Å². The molecule has 2 fully saturated rings.